The Hall–Kier alpha value is -0.740. The number of hydrogen-bond donors (Lipinski definition) is 0. The van der Waals surface area contributed by atoms with Gasteiger partial charge in [0.2, 0.25) is 0 Å². The summed E-state index contributed by atoms with van der Waals surface area (Å²) in [6.07, 6.45) is 0. The maximum absolute atomic E-state index is 3.62. The maximum atomic E-state index is 3.62. The normalized spacial score (nSPS) is 13.9. The first-order valence-electron chi connectivity index (χ1n) is 5.24. The van der Waals surface area contributed by atoms with Gasteiger partial charge in [0.25, 0.3) is 0 Å². The average Bonchev–Trinajstić information content (AvgIpc) is 2.17. The fourth-order valence-electron chi connectivity index (χ4n) is 1.62. The molecule has 0 N–H and O–H groups in total. The van der Waals surface area contributed by atoms with Crippen LogP contribution < -0.4 is 0 Å². The molecule has 0 aliphatic heterocycles. The van der Waals surface area contributed by atoms with E-state index in [4.69, 9.17) is 0 Å². The summed E-state index contributed by atoms with van der Waals surface area (Å²) in [6.45, 7) is 8.40. The Morgan fingerprint density at radius 3 is 2.47 bits per heavy atom. The Morgan fingerprint density at radius 1 is 1.27 bits per heavy atom. The quantitative estimate of drug-likeness (QED) is 0.689. The second kappa shape index (κ2) is 5.37. The molecule has 0 fully saturated rings. The van der Waals surface area contributed by atoms with Gasteiger partial charge in [-0.25, -0.2) is 0 Å². The topological polar surface area (TPSA) is 0 Å². The molecule has 0 bridgehead atoms. The molecule has 80 valence electrons. The van der Waals surface area contributed by atoms with E-state index in [0.29, 0.717) is 11.8 Å². The van der Waals surface area contributed by atoms with Crippen LogP contribution >= 0.6 is 15.9 Å². The number of hydrogen-bond acceptors (Lipinski definition) is 0. The summed E-state index contributed by atoms with van der Waals surface area (Å²) < 4.78 is 1.19. The lowest BCUT2D eigenvalue weighted by atomic mass is 9.89. The van der Waals surface area contributed by atoms with E-state index in [0.717, 1.165) is 0 Å². The van der Waals surface area contributed by atoms with E-state index < -0.39 is 0 Å². The van der Waals surface area contributed by atoms with Crippen LogP contribution in [0, 0.1) is 24.7 Å². The average molecular weight is 265 g/mol. The monoisotopic (exact) mass is 264 g/mol. The first-order chi connectivity index (χ1) is 7.06. The zero-order valence-corrected chi connectivity index (χ0v) is 11.4. The first kappa shape index (κ1) is 12.3. The van der Waals surface area contributed by atoms with E-state index in [1.807, 2.05) is 6.92 Å². The van der Waals surface area contributed by atoms with Crippen molar-refractivity contribution < 1.29 is 0 Å². The molecule has 0 saturated carbocycles. The Balaban J connectivity index is 2.99. The van der Waals surface area contributed by atoms with E-state index in [9.17, 15) is 0 Å². The summed E-state index contributed by atoms with van der Waals surface area (Å²) in [6, 6.07) is 6.51. The van der Waals surface area contributed by atoms with Crippen molar-refractivity contribution in [3.05, 3.63) is 33.8 Å². The lowest BCUT2D eigenvalue weighted by molar-refractivity contribution is 0.607. The maximum Gasteiger partial charge on any atom is 0.0240 e. The fraction of sp³-hybridized carbons (Fsp3) is 0.429. The number of rotatable bonds is 2. The minimum Gasteiger partial charge on any atom is -0.106 e. The van der Waals surface area contributed by atoms with E-state index in [2.05, 4.69) is 66.7 Å². The van der Waals surface area contributed by atoms with E-state index in [-0.39, 0.29) is 0 Å². The van der Waals surface area contributed by atoms with Crippen LogP contribution in [0.15, 0.2) is 22.7 Å². The van der Waals surface area contributed by atoms with Gasteiger partial charge in [-0.05, 0) is 37.0 Å². The minimum absolute atomic E-state index is 0.397. The van der Waals surface area contributed by atoms with Gasteiger partial charge in [-0.3, -0.25) is 0 Å². The third kappa shape index (κ3) is 3.11. The standard InChI is InChI=1S/C14H17Br/c1-5-6-11(3)12(4)13-8-7-10(2)9-14(13)15/h7-9,11-12H,1-4H3. The SMILES string of the molecule is CC#CC(C)C(C)c1ccc(C)cc1Br. The van der Waals surface area contributed by atoms with Crippen molar-refractivity contribution in [3.63, 3.8) is 0 Å². The molecule has 0 nitrogen and oxygen atoms in total. The summed E-state index contributed by atoms with van der Waals surface area (Å²) >= 11 is 3.62. The molecule has 0 aromatic heterocycles. The summed E-state index contributed by atoms with van der Waals surface area (Å²) in [5, 5.41) is 0. The van der Waals surface area contributed by atoms with Crippen LogP contribution in [-0.2, 0) is 0 Å². The highest BCUT2D eigenvalue weighted by Crippen LogP contribution is 2.30. The third-order valence-electron chi connectivity index (χ3n) is 2.77. The molecule has 0 radical (unpaired) electrons. The zero-order chi connectivity index (χ0) is 11.4. The van der Waals surface area contributed by atoms with E-state index in [1.54, 1.807) is 0 Å². The van der Waals surface area contributed by atoms with Gasteiger partial charge in [-0.15, -0.1) is 5.92 Å². The van der Waals surface area contributed by atoms with Gasteiger partial charge in [0.15, 0.2) is 0 Å². The Bertz CT molecular complexity index is 396. The molecule has 1 aromatic carbocycles. The van der Waals surface area contributed by atoms with Crippen molar-refractivity contribution >= 4 is 15.9 Å². The van der Waals surface area contributed by atoms with Gasteiger partial charge >= 0.3 is 0 Å². The highest BCUT2D eigenvalue weighted by Gasteiger charge is 2.14. The van der Waals surface area contributed by atoms with Crippen molar-refractivity contribution in [2.75, 3.05) is 0 Å². The molecule has 2 unspecified atom stereocenters. The summed E-state index contributed by atoms with van der Waals surface area (Å²) in [7, 11) is 0. The van der Waals surface area contributed by atoms with Crippen molar-refractivity contribution in [1.82, 2.24) is 0 Å². The number of benzene rings is 1. The van der Waals surface area contributed by atoms with Crippen LogP contribution in [0.4, 0.5) is 0 Å². The molecule has 0 saturated heterocycles. The van der Waals surface area contributed by atoms with Gasteiger partial charge in [-0.2, -0.15) is 0 Å². The Labute approximate surface area is 101 Å². The van der Waals surface area contributed by atoms with Crippen LogP contribution in [-0.4, -0.2) is 0 Å². The molecule has 2 atom stereocenters. The highest BCUT2D eigenvalue weighted by atomic mass is 79.9. The first-order valence-corrected chi connectivity index (χ1v) is 6.04. The zero-order valence-electron chi connectivity index (χ0n) is 9.76. The second-order valence-corrected chi connectivity index (χ2v) is 4.85. The Morgan fingerprint density at radius 2 is 1.93 bits per heavy atom. The molecular formula is C14H17Br. The van der Waals surface area contributed by atoms with E-state index in [1.165, 1.54) is 15.6 Å². The van der Waals surface area contributed by atoms with Crippen LogP contribution in [0.3, 0.4) is 0 Å². The number of aryl methyl sites for hydroxylation is 1. The van der Waals surface area contributed by atoms with Crippen LogP contribution in [0.5, 0.6) is 0 Å². The van der Waals surface area contributed by atoms with Crippen LogP contribution in [0.1, 0.15) is 37.8 Å². The Kier molecular flexibility index (Phi) is 4.42. The molecule has 0 heterocycles. The third-order valence-corrected chi connectivity index (χ3v) is 3.46. The highest BCUT2D eigenvalue weighted by molar-refractivity contribution is 9.10. The van der Waals surface area contributed by atoms with Gasteiger partial charge in [-0.1, -0.05) is 47.8 Å². The molecule has 1 heteroatoms. The van der Waals surface area contributed by atoms with Crippen molar-refractivity contribution in [2.24, 2.45) is 5.92 Å². The number of halogens is 1. The van der Waals surface area contributed by atoms with Crippen molar-refractivity contribution in [3.8, 4) is 11.8 Å². The van der Waals surface area contributed by atoms with Crippen LogP contribution in [0.25, 0.3) is 0 Å². The fourth-order valence-corrected chi connectivity index (χ4v) is 2.48. The van der Waals surface area contributed by atoms with E-state index >= 15 is 0 Å². The molecule has 15 heavy (non-hydrogen) atoms. The van der Waals surface area contributed by atoms with Crippen LogP contribution in [0.2, 0.25) is 0 Å². The van der Waals surface area contributed by atoms with Gasteiger partial charge in [0, 0.05) is 10.4 Å². The summed E-state index contributed by atoms with van der Waals surface area (Å²) in [4.78, 5) is 0. The van der Waals surface area contributed by atoms with Crippen molar-refractivity contribution in [1.29, 1.82) is 0 Å². The molecule has 1 rings (SSSR count). The predicted octanol–water partition coefficient (Wildman–Crippen LogP) is 4.52. The van der Waals surface area contributed by atoms with Crippen molar-refractivity contribution in [2.45, 2.75) is 33.6 Å². The molecule has 0 aliphatic rings. The van der Waals surface area contributed by atoms with Gasteiger partial charge in [0.1, 0.15) is 0 Å². The molecule has 0 aliphatic carbocycles. The summed E-state index contributed by atoms with van der Waals surface area (Å²) in [5.41, 5.74) is 2.63. The largest absolute Gasteiger partial charge is 0.106 e. The lowest BCUT2D eigenvalue weighted by Crippen LogP contribution is -2.04. The summed E-state index contributed by atoms with van der Waals surface area (Å²) in [5.74, 6) is 7.06. The van der Waals surface area contributed by atoms with Gasteiger partial charge < -0.3 is 0 Å². The smallest absolute Gasteiger partial charge is 0.0240 e. The molecular weight excluding hydrogens is 248 g/mol. The predicted molar refractivity (Wildman–Crippen MR) is 69.9 cm³/mol. The molecule has 0 spiro atoms. The van der Waals surface area contributed by atoms with Gasteiger partial charge in [0.05, 0.1) is 0 Å². The molecule has 0 amide bonds. The minimum atomic E-state index is 0.397. The lowest BCUT2D eigenvalue weighted by Gasteiger charge is -2.17. The second-order valence-electron chi connectivity index (χ2n) is 4.00. The molecule has 1 aromatic rings.